The van der Waals surface area contributed by atoms with Gasteiger partial charge in [-0.05, 0) is 56.5 Å². The van der Waals surface area contributed by atoms with E-state index in [4.69, 9.17) is 9.73 Å². The number of hydrogen-bond acceptors (Lipinski definition) is 3. The molecule has 0 aliphatic carbocycles. The van der Waals surface area contributed by atoms with Crippen molar-refractivity contribution < 1.29 is 4.74 Å². The van der Waals surface area contributed by atoms with Crippen LogP contribution in [0.2, 0.25) is 0 Å². The van der Waals surface area contributed by atoms with E-state index in [1.54, 1.807) is 7.11 Å². The standard InChI is InChI=1S/C20H34N4O/c1-5-12-24-13-11-18(16-24)14-22-20(21-6-2)23(3)15-17-7-9-19(25-4)10-8-17/h7-10,18H,5-6,11-16H2,1-4H3,(H,21,22). The fourth-order valence-corrected chi connectivity index (χ4v) is 3.35. The molecule has 1 aliphatic heterocycles. The first-order chi connectivity index (χ1) is 12.2. The Balaban J connectivity index is 1.91. The van der Waals surface area contributed by atoms with E-state index in [1.807, 2.05) is 12.1 Å². The Labute approximate surface area is 153 Å². The lowest BCUT2D eigenvalue weighted by atomic mass is 10.1. The third-order valence-corrected chi connectivity index (χ3v) is 4.68. The van der Waals surface area contributed by atoms with Gasteiger partial charge in [0.15, 0.2) is 5.96 Å². The van der Waals surface area contributed by atoms with Crippen LogP contribution in [0.4, 0.5) is 0 Å². The molecular formula is C20H34N4O. The van der Waals surface area contributed by atoms with Crippen molar-refractivity contribution in [2.24, 2.45) is 10.9 Å². The third kappa shape index (κ3) is 6.24. The lowest BCUT2D eigenvalue weighted by Crippen LogP contribution is -2.39. The summed E-state index contributed by atoms with van der Waals surface area (Å²) in [7, 11) is 3.80. The number of aliphatic imine (C=N–C) groups is 1. The molecule has 1 heterocycles. The minimum absolute atomic E-state index is 0.689. The van der Waals surface area contributed by atoms with Gasteiger partial charge in [-0.2, -0.15) is 0 Å². The summed E-state index contributed by atoms with van der Waals surface area (Å²) in [6.45, 7) is 10.7. The molecule has 1 N–H and O–H groups in total. The van der Waals surface area contributed by atoms with Crippen LogP contribution in [0, 0.1) is 5.92 Å². The van der Waals surface area contributed by atoms with Crippen molar-refractivity contribution in [1.82, 2.24) is 15.1 Å². The number of guanidine groups is 1. The molecule has 1 fully saturated rings. The summed E-state index contributed by atoms with van der Waals surface area (Å²) in [5, 5.41) is 3.42. The largest absolute Gasteiger partial charge is 0.497 e. The second-order valence-corrected chi connectivity index (χ2v) is 6.85. The van der Waals surface area contributed by atoms with Crippen molar-refractivity contribution in [2.45, 2.75) is 33.2 Å². The van der Waals surface area contributed by atoms with Crippen LogP contribution in [0.25, 0.3) is 0 Å². The quantitative estimate of drug-likeness (QED) is 0.580. The maximum atomic E-state index is 5.23. The summed E-state index contributed by atoms with van der Waals surface area (Å²) in [6, 6.07) is 8.24. The number of nitrogens with zero attached hydrogens (tertiary/aromatic N) is 3. The van der Waals surface area contributed by atoms with Gasteiger partial charge in [0.1, 0.15) is 5.75 Å². The number of methoxy groups -OCH3 is 1. The van der Waals surface area contributed by atoms with Gasteiger partial charge in [-0.15, -0.1) is 0 Å². The van der Waals surface area contributed by atoms with Crippen LogP contribution in [-0.4, -0.2) is 62.6 Å². The molecule has 1 atom stereocenters. The van der Waals surface area contributed by atoms with E-state index in [2.05, 4.69) is 48.1 Å². The van der Waals surface area contributed by atoms with E-state index in [9.17, 15) is 0 Å². The fourth-order valence-electron chi connectivity index (χ4n) is 3.35. The van der Waals surface area contributed by atoms with Crippen molar-refractivity contribution in [3.8, 4) is 5.75 Å². The van der Waals surface area contributed by atoms with E-state index in [-0.39, 0.29) is 0 Å². The summed E-state index contributed by atoms with van der Waals surface area (Å²) in [5.74, 6) is 2.58. The van der Waals surface area contributed by atoms with Gasteiger partial charge in [-0.3, -0.25) is 4.99 Å². The summed E-state index contributed by atoms with van der Waals surface area (Å²) in [5.41, 5.74) is 1.25. The van der Waals surface area contributed by atoms with Gasteiger partial charge in [-0.1, -0.05) is 19.1 Å². The number of benzene rings is 1. The summed E-state index contributed by atoms with van der Waals surface area (Å²) in [4.78, 5) is 9.66. The Morgan fingerprint density at radius 3 is 2.72 bits per heavy atom. The molecule has 1 saturated heterocycles. The van der Waals surface area contributed by atoms with Crippen molar-refractivity contribution in [3.05, 3.63) is 29.8 Å². The maximum absolute atomic E-state index is 5.23. The van der Waals surface area contributed by atoms with Crippen molar-refractivity contribution >= 4 is 5.96 Å². The number of ether oxygens (including phenoxy) is 1. The van der Waals surface area contributed by atoms with Crippen LogP contribution in [0.5, 0.6) is 5.75 Å². The Bertz CT molecular complexity index is 529. The highest BCUT2D eigenvalue weighted by Gasteiger charge is 2.21. The molecule has 0 amide bonds. The lowest BCUT2D eigenvalue weighted by Gasteiger charge is -2.23. The van der Waals surface area contributed by atoms with Crippen LogP contribution >= 0.6 is 0 Å². The van der Waals surface area contributed by atoms with E-state index >= 15 is 0 Å². The van der Waals surface area contributed by atoms with Gasteiger partial charge in [0.05, 0.1) is 7.11 Å². The minimum atomic E-state index is 0.689. The SMILES string of the molecule is CCCN1CCC(CN=C(NCC)N(C)Cc2ccc(OC)cc2)C1. The molecule has 0 saturated carbocycles. The van der Waals surface area contributed by atoms with Crippen molar-refractivity contribution in [2.75, 3.05) is 46.9 Å². The van der Waals surface area contributed by atoms with E-state index in [0.717, 1.165) is 31.3 Å². The van der Waals surface area contributed by atoms with E-state index in [1.165, 1.54) is 38.0 Å². The fraction of sp³-hybridized carbons (Fsp3) is 0.650. The van der Waals surface area contributed by atoms with Gasteiger partial charge in [-0.25, -0.2) is 0 Å². The predicted molar refractivity (Wildman–Crippen MR) is 105 cm³/mol. The zero-order valence-electron chi connectivity index (χ0n) is 16.3. The Hall–Kier alpha value is -1.75. The Morgan fingerprint density at radius 2 is 2.08 bits per heavy atom. The normalized spacial score (nSPS) is 18.4. The molecule has 0 radical (unpaired) electrons. The van der Waals surface area contributed by atoms with Gasteiger partial charge in [0.2, 0.25) is 0 Å². The first-order valence-electron chi connectivity index (χ1n) is 9.51. The topological polar surface area (TPSA) is 40.1 Å². The highest BCUT2D eigenvalue weighted by molar-refractivity contribution is 5.79. The monoisotopic (exact) mass is 346 g/mol. The van der Waals surface area contributed by atoms with Crippen LogP contribution in [0.3, 0.4) is 0 Å². The molecule has 1 aliphatic rings. The van der Waals surface area contributed by atoms with Gasteiger partial charge in [0, 0.05) is 33.2 Å². The van der Waals surface area contributed by atoms with Crippen LogP contribution < -0.4 is 10.1 Å². The molecule has 25 heavy (non-hydrogen) atoms. The molecule has 2 rings (SSSR count). The molecule has 1 aromatic carbocycles. The number of nitrogens with one attached hydrogen (secondary N) is 1. The van der Waals surface area contributed by atoms with Gasteiger partial charge in [0.25, 0.3) is 0 Å². The second-order valence-electron chi connectivity index (χ2n) is 6.85. The molecule has 1 aromatic rings. The number of likely N-dealkylation sites (tertiary alicyclic amines) is 1. The minimum Gasteiger partial charge on any atom is -0.497 e. The zero-order chi connectivity index (χ0) is 18.1. The van der Waals surface area contributed by atoms with Gasteiger partial charge >= 0.3 is 0 Å². The maximum Gasteiger partial charge on any atom is 0.193 e. The molecule has 0 aromatic heterocycles. The number of rotatable bonds is 8. The third-order valence-electron chi connectivity index (χ3n) is 4.68. The first kappa shape index (κ1) is 19.6. The predicted octanol–water partition coefficient (Wildman–Crippen LogP) is 2.82. The molecule has 0 spiro atoms. The molecule has 0 bridgehead atoms. The average molecular weight is 347 g/mol. The Morgan fingerprint density at radius 1 is 1.32 bits per heavy atom. The average Bonchev–Trinajstić information content (AvgIpc) is 3.07. The first-order valence-corrected chi connectivity index (χ1v) is 9.51. The van der Waals surface area contributed by atoms with Crippen LogP contribution in [-0.2, 0) is 6.54 Å². The molecule has 140 valence electrons. The molecule has 5 nitrogen and oxygen atoms in total. The highest BCUT2D eigenvalue weighted by Crippen LogP contribution is 2.17. The van der Waals surface area contributed by atoms with Gasteiger partial charge < -0.3 is 19.9 Å². The van der Waals surface area contributed by atoms with Crippen molar-refractivity contribution in [1.29, 1.82) is 0 Å². The summed E-state index contributed by atoms with van der Waals surface area (Å²) >= 11 is 0. The molecular weight excluding hydrogens is 312 g/mol. The highest BCUT2D eigenvalue weighted by atomic mass is 16.5. The lowest BCUT2D eigenvalue weighted by molar-refractivity contribution is 0.326. The van der Waals surface area contributed by atoms with Crippen LogP contribution in [0.15, 0.2) is 29.3 Å². The van der Waals surface area contributed by atoms with E-state index < -0.39 is 0 Å². The number of hydrogen-bond donors (Lipinski definition) is 1. The Kier molecular flexibility index (Phi) is 8.06. The molecule has 1 unspecified atom stereocenters. The van der Waals surface area contributed by atoms with Crippen molar-refractivity contribution in [3.63, 3.8) is 0 Å². The smallest absolute Gasteiger partial charge is 0.193 e. The summed E-state index contributed by atoms with van der Waals surface area (Å²) in [6.07, 6.45) is 2.51. The zero-order valence-corrected chi connectivity index (χ0v) is 16.3. The second kappa shape index (κ2) is 10.3. The van der Waals surface area contributed by atoms with E-state index in [0.29, 0.717) is 5.92 Å². The molecule has 5 heteroatoms. The summed E-state index contributed by atoms with van der Waals surface area (Å²) < 4.78 is 5.23. The van der Waals surface area contributed by atoms with Crippen LogP contribution in [0.1, 0.15) is 32.3 Å².